The molecule has 80 valence electrons. The van der Waals surface area contributed by atoms with Gasteiger partial charge in [-0.3, -0.25) is 4.79 Å². The molecule has 2 rings (SSSR count). The van der Waals surface area contributed by atoms with E-state index in [4.69, 9.17) is 22.1 Å². The first-order chi connectivity index (χ1) is 7.13. The van der Waals surface area contributed by atoms with Gasteiger partial charge in [-0.15, -0.1) is 0 Å². The highest BCUT2D eigenvalue weighted by molar-refractivity contribution is 6.34. The van der Waals surface area contributed by atoms with Crippen molar-refractivity contribution < 1.29 is 9.53 Å². The Morgan fingerprint density at radius 3 is 3.00 bits per heavy atom. The molecule has 4 nitrogen and oxygen atoms in total. The van der Waals surface area contributed by atoms with Gasteiger partial charge in [-0.2, -0.15) is 0 Å². The van der Waals surface area contributed by atoms with Gasteiger partial charge in [0.05, 0.1) is 17.8 Å². The van der Waals surface area contributed by atoms with Crippen LogP contribution in [0.1, 0.15) is 18.0 Å². The first-order valence-electron chi connectivity index (χ1n) is 4.55. The number of carbonyl (C=O) groups is 1. The number of nitrogens with two attached hydrogens (primary N) is 1. The Bertz CT molecular complexity index is 420. The van der Waals surface area contributed by atoms with E-state index in [0.717, 1.165) is 5.56 Å². The van der Waals surface area contributed by atoms with Crippen LogP contribution in [-0.2, 0) is 4.79 Å². The van der Waals surface area contributed by atoms with Crippen LogP contribution in [0, 0.1) is 0 Å². The molecule has 0 spiro atoms. The van der Waals surface area contributed by atoms with Gasteiger partial charge in [0.1, 0.15) is 5.75 Å². The summed E-state index contributed by atoms with van der Waals surface area (Å²) in [4.78, 5) is 11.3. The number of ether oxygens (including phenoxy) is 1. The maximum Gasteiger partial charge on any atom is 0.226 e. The van der Waals surface area contributed by atoms with Crippen molar-refractivity contribution in [3.05, 3.63) is 22.7 Å². The maximum atomic E-state index is 11.3. The predicted molar refractivity (Wildman–Crippen MR) is 58.2 cm³/mol. The van der Waals surface area contributed by atoms with Crippen LogP contribution in [0.5, 0.6) is 5.75 Å². The third-order valence-electron chi connectivity index (χ3n) is 2.42. The van der Waals surface area contributed by atoms with E-state index in [1.807, 2.05) is 0 Å². The fraction of sp³-hybridized carbons (Fsp3) is 0.300. The van der Waals surface area contributed by atoms with Gasteiger partial charge in [-0.05, 0) is 12.1 Å². The maximum absolute atomic E-state index is 11.3. The van der Waals surface area contributed by atoms with Gasteiger partial charge in [0, 0.05) is 18.0 Å². The molecule has 0 fully saturated rings. The minimum Gasteiger partial charge on any atom is -0.496 e. The highest BCUT2D eigenvalue weighted by Crippen LogP contribution is 2.40. The monoisotopic (exact) mass is 226 g/mol. The molecule has 1 unspecified atom stereocenters. The van der Waals surface area contributed by atoms with Crippen LogP contribution in [0.2, 0.25) is 5.02 Å². The lowest BCUT2D eigenvalue weighted by atomic mass is 9.97. The summed E-state index contributed by atoms with van der Waals surface area (Å²) < 4.78 is 5.18. The first kappa shape index (κ1) is 10.3. The molecule has 1 heterocycles. The van der Waals surface area contributed by atoms with Crippen LogP contribution in [0.25, 0.3) is 0 Å². The van der Waals surface area contributed by atoms with Crippen LogP contribution >= 0.6 is 11.6 Å². The summed E-state index contributed by atoms with van der Waals surface area (Å²) >= 11 is 5.98. The van der Waals surface area contributed by atoms with Crippen molar-refractivity contribution in [2.45, 2.75) is 12.5 Å². The quantitative estimate of drug-likeness (QED) is 0.766. The molecule has 1 aliphatic heterocycles. The zero-order valence-corrected chi connectivity index (χ0v) is 8.97. The van der Waals surface area contributed by atoms with Crippen molar-refractivity contribution in [3.63, 3.8) is 0 Å². The Kier molecular flexibility index (Phi) is 2.54. The van der Waals surface area contributed by atoms with E-state index in [0.29, 0.717) is 16.5 Å². The highest BCUT2D eigenvalue weighted by atomic mass is 35.5. The average Bonchev–Trinajstić information content (AvgIpc) is 2.19. The summed E-state index contributed by atoms with van der Waals surface area (Å²) in [5.41, 5.74) is 7.22. The summed E-state index contributed by atoms with van der Waals surface area (Å²) in [6.45, 7) is 0. The summed E-state index contributed by atoms with van der Waals surface area (Å²) in [7, 11) is 1.56. The normalized spacial score (nSPS) is 19.4. The number of carbonyl (C=O) groups excluding carboxylic acids is 1. The van der Waals surface area contributed by atoms with Crippen molar-refractivity contribution in [2.75, 3.05) is 12.4 Å². The SMILES string of the molecule is COc1ccc(Cl)c2c1C(N)CC(=O)N2. The number of anilines is 1. The topological polar surface area (TPSA) is 64.3 Å². The molecule has 1 aliphatic rings. The number of halogens is 1. The molecule has 1 atom stereocenters. The first-order valence-corrected chi connectivity index (χ1v) is 4.93. The number of hydrogen-bond donors (Lipinski definition) is 2. The minimum absolute atomic E-state index is 0.120. The number of nitrogens with one attached hydrogen (secondary N) is 1. The van der Waals surface area contributed by atoms with Gasteiger partial charge < -0.3 is 15.8 Å². The van der Waals surface area contributed by atoms with Crippen LogP contribution in [-0.4, -0.2) is 13.0 Å². The van der Waals surface area contributed by atoms with Crippen molar-refractivity contribution in [1.29, 1.82) is 0 Å². The highest BCUT2D eigenvalue weighted by Gasteiger charge is 2.27. The molecule has 0 aliphatic carbocycles. The minimum atomic E-state index is -0.359. The molecule has 1 amide bonds. The second kappa shape index (κ2) is 3.72. The van der Waals surface area contributed by atoms with E-state index in [1.54, 1.807) is 19.2 Å². The van der Waals surface area contributed by atoms with E-state index in [2.05, 4.69) is 5.32 Å². The lowest BCUT2D eigenvalue weighted by molar-refractivity contribution is -0.116. The fourth-order valence-corrected chi connectivity index (χ4v) is 1.95. The molecule has 0 saturated heterocycles. The Morgan fingerprint density at radius 2 is 2.33 bits per heavy atom. The summed E-state index contributed by atoms with van der Waals surface area (Å²) in [5, 5.41) is 3.18. The Labute approximate surface area is 92.4 Å². The number of fused-ring (bicyclic) bond motifs is 1. The van der Waals surface area contributed by atoms with Crippen LogP contribution in [0.15, 0.2) is 12.1 Å². The molecular weight excluding hydrogens is 216 g/mol. The summed E-state index contributed by atoms with van der Waals surface area (Å²) in [5.74, 6) is 0.534. The standard InChI is InChI=1S/C10H11ClN2O2/c1-15-7-3-2-5(11)10-9(7)6(12)4-8(14)13-10/h2-3,6H,4,12H2,1H3,(H,13,14). The van der Waals surface area contributed by atoms with E-state index < -0.39 is 0 Å². The van der Waals surface area contributed by atoms with Gasteiger partial charge in [-0.25, -0.2) is 0 Å². The summed E-state index contributed by atoms with van der Waals surface area (Å²) in [6, 6.07) is 3.07. The van der Waals surface area contributed by atoms with Gasteiger partial charge in [0.15, 0.2) is 0 Å². The molecular formula is C10H11ClN2O2. The number of amides is 1. The fourth-order valence-electron chi connectivity index (χ4n) is 1.74. The second-order valence-electron chi connectivity index (χ2n) is 3.40. The zero-order valence-electron chi connectivity index (χ0n) is 8.21. The van der Waals surface area contributed by atoms with E-state index in [1.165, 1.54) is 0 Å². The predicted octanol–water partition coefficient (Wildman–Crippen LogP) is 1.69. The van der Waals surface area contributed by atoms with Crippen molar-refractivity contribution in [1.82, 2.24) is 0 Å². The average molecular weight is 227 g/mol. The molecule has 0 bridgehead atoms. The number of benzene rings is 1. The summed E-state index contributed by atoms with van der Waals surface area (Å²) in [6.07, 6.45) is 0.254. The number of methoxy groups -OCH3 is 1. The smallest absolute Gasteiger partial charge is 0.226 e. The third-order valence-corrected chi connectivity index (χ3v) is 2.73. The number of hydrogen-bond acceptors (Lipinski definition) is 3. The third kappa shape index (κ3) is 1.66. The molecule has 0 radical (unpaired) electrons. The Hall–Kier alpha value is -1.26. The van der Waals surface area contributed by atoms with Gasteiger partial charge in [-0.1, -0.05) is 11.6 Å². The molecule has 1 aromatic carbocycles. The van der Waals surface area contributed by atoms with E-state index in [9.17, 15) is 4.79 Å². The lowest BCUT2D eigenvalue weighted by Crippen LogP contribution is -2.28. The molecule has 0 aromatic heterocycles. The van der Waals surface area contributed by atoms with Crippen LogP contribution in [0.3, 0.4) is 0 Å². The van der Waals surface area contributed by atoms with E-state index in [-0.39, 0.29) is 18.4 Å². The van der Waals surface area contributed by atoms with E-state index >= 15 is 0 Å². The molecule has 0 saturated carbocycles. The van der Waals surface area contributed by atoms with Crippen LogP contribution < -0.4 is 15.8 Å². The Morgan fingerprint density at radius 1 is 1.60 bits per heavy atom. The van der Waals surface area contributed by atoms with Gasteiger partial charge >= 0.3 is 0 Å². The van der Waals surface area contributed by atoms with Crippen LogP contribution in [0.4, 0.5) is 5.69 Å². The van der Waals surface area contributed by atoms with Gasteiger partial charge in [0.2, 0.25) is 5.91 Å². The molecule has 15 heavy (non-hydrogen) atoms. The zero-order chi connectivity index (χ0) is 11.0. The molecule has 5 heteroatoms. The van der Waals surface area contributed by atoms with Crippen molar-refractivity contribution >= 4 is 23.2 Å². The lowest BCUT2D eigenvalue weighted by Gasteiger charge is -2.25. The van der Waals surface area contributed by atoms with Crippen molar-refractivity contribution in [2.24, 2.45) is 5.73 Å². The number of rotatable bonds is 1. The molecule has 1 aromatic rings. The molecule has 3 N–H and O–H groups in total. The Balaban J connectivity index is 2.61. The largest absolute Gasteiger partial charge is 0.496 e. The second-order valence-corrected chi connectivity index (χ2v) is 3.80. The van der Waals surface area contributed by atoms with Crippen molar-refractivity contribution in [3.8, 4) is 5.75 Å². The van der Waals surface area contributed by atoms with Gasteiger partial charge in [0.25, 0.3) is 0 Å².